The van der Waals surface area contributed by atoms with Gasteiger partial charge in [0.1, 0.15) is 5.82 Å². The van der Waals surface area contributed by atoms with Crippen molar-refractivity contribution < 1.29 is 4.39 Å². The Morgan fingerprint density at radius 3 is 2.62 bits per heavy atom. The van der Waals surface area contributed by atoms with Crippen LogP contribution in [0.3, 0.4) is 0 Å². The summed E-state index contributed by atoms with van der Waals surface area (Å²) in [5, 5.41) is 0. The zero-order valence-corrected chi connectivity index (χ0v) is 8.77. The van der Waals surface area contributed by atoms with Crippen molar-refractivity contribution in [3.8, 4) is 0 Å². The van der Waals surface area contributed by atoms with Crippen LogP contribution in [-0.2, 0) is 5.54 Å². The molecule has 70 valence electrons. The average molecular weight is 244 g/mol. The molecule has 0 spiro atoms. The first-order chi connectivity index (χ1) is 6.13. The Labute approximate surface area is 85.3 Å². The monoisotopic (exact) mass is 243 g/mol. The van der Waals surface area contributed by atoms with Crippen LogP contribution in [0.2, 0.25) is 0 Å². The maximum absolute atomic E-state index is 13.2. The molecule has 3 heteroatoms. The summed E-state index contributed by atoms with van der Waals surface area (Å²) >= 11 is 3.24. The highest BCUT2D eigenvalue weighted by atomic mass is 79.9. The van der Waals surface area contributed by atoms with Gasteiger partial charge in [-0.15, -0.1) is 0 Å². The molecule has 1 aliphatic carbocycles. The van der Waals surface area contributed by atoms with E-state index in [0.717, 1.165) is 24.8 Å². The van der Waals surface area contributed by atoms with Crippen molar-refractivity contribution in [3.05, 3.63) is 34.1 Å². The van der Waals surface area contributed by atoms with Crippen LogP contribution in [0.1, 0.15) is 24.8 Å². The normalized spacial score (nSPS) is 19.6. The van der Waals surface area contributed by atoms with Gasteiger partial charge in [-0.05, 0) is 46.8 Å². The summed E-state index contributed by atoms with van der Waals surface area (Å²) in [6, 6.07) is 5.05. The van der Waals surface area contributed by atoms with E-state index in [2.05, 4.69) is 15.9 Å². The van der Waals surface area contributed by atoms with Crippen LogP contribution in [0.15, 0.2) is 22.7 Å². The zero-order valence-electron chi connectivity index (χ0n) is 7.19. The molecule has 0 unspecified atom stereocenters. The molecule has 0 amide bonds. The Bertz CT molecular complexity index is 334. The molecule has 1 aromatic rings. The first-order valence-corrected chi connectivity index (χ1v) is 5.16. The van der Waals surface area contributed by atoms with Crippen molar-refractivity contribution in [2.24, 2.45) is 5.73 Å². The molecule has 0 bridgehead atoms. The Morgan fingerprint density at radius 2 is 2.08 bits per heavy atom. The summed E-state index contributed by atoms with van der Waals surface area (Å²) in [5.74, 6) is -0.228. The molecule has 0 atom stereocenters. The molecule has 1 nitrogen and oxygen atoms in total. The average Bonchev–Trinajstić information content (AvgIpc) is 2.06. The molecule has 1 saturated carbocycles. The van der Waals surface area contributed by atoms with Crippen molar-refractivity contribution in [2.75, 3.05) is 0 Å². The number of benzene rings is 1. The van der Waals surface area contributed by atoms with Gasteiger partial charge in [-0.2, -0.15) is 0 Å². The van der Waals surface area contributed by atoms with E-state index in [-0.39, 0.29) is 11.4 Å². The lowest BCUT2D eigenvalue weighted by Crippen LogP contribution is -2.43. The third-order valence-corrected chi connectivity index (χ3v) is 3.54. The lowest BCUT2D eigenvalue weighted by molar-refractivity contribution is 0.251. The zero-order chi connectivity index (χ0) is 9.47. The highest BCUT2D eigenvalue weighted by molar-refractivity contribution is 9.10. The molecule has 0 aliphatic heterocycles. The highest BCUT2D eigenvalue weighted by Crippen LogP contribution is 2.42. The van der Waals surface area contributed by atoms with E-state index < -0.39 is 0 Å². The fourth-order valence-corrected chi connectivity index (χ4v) is 2.37. The van der Waals surface area contributed by atoms with Crippen LogP contribution in [0.4, 0.5) is 4.39 Å². The molecule has 1 aliphatic rings. The van der Waals surface area contributed by atoms with E-state index in [0.29, 0.717) is 4.47 Å². The van der Waals surface area contributed by atoms with E-state index >= 15 is 0 Å². The minimum absolute atomic E-state index is 0.228. The first kappa shape index (κ1) is 9.16. The number of halogens is 2. The van der Waals surface area contributed by atoms with Crippen LogP contribution in [0.25, 0.3) is 0 Å². The van der Waals surface area contributed by atoms with Crippen LogP contribution >= 0.6 is 15.9 Å². The number of rotatable bonds is 1. The summed E-state index contributed by atoms with van der Waals surface area (Å²) < 4.78 is 13.7. The molecular formula is C10H11BrFN. The van der Waals surface area contributed by atoms with E-state index in [1.54, 1.807) is 6.07 Å². The molecule has 13 heavy (non-hydrogen) atoms. The van der Waals surface area contributed by atoms with E-state index in [9.17, 15) is 4.39 Å². The topological polar surface area (TPSA) is 26.0 Å². The van der Waals surface area contributed by atoms with Gasteiger partial charge in [0.05, 0.1) is 4.47 Å². The molecule has 0 aromatic heterocycles. The number of hydrogen-bond acceptors (Lipinski definition) is 1. The molecular weight excluding hydrogens is 233 g/mol. The highest BCUT2D eigenvalue weighted by Gasteiger charge is 2.36. The molecule has 0 saturated heterocycles. The molecule has 1 aromatic carbocycles. The fourth-order valence-electron chi connectivity index (χ4n) is 1.72. The second-order valence-corrected chi connectivity index (χ2v) is 4.40. The van der Waals surface area contributed by atoms with E-state index in [1.807, 2.05) is 6.07 Å². The minimum atomic E-state index is -0.291. The molecule has 0 heterocycles. The fraction of sp³-hybridized carbons (Fsp3) is 0.400. The standard InChI is InChI=1S/C10H11BrFN/c11-9-7(3-1-4-8(9)12)10(13)5-2-6-10/h1,3-4H,2,5-6,13H2. The second-order valence-electron chi connectivity index (χ2n) is 3.61. The second kappa shape index (κ2) is 3.07. The Hall–Kier alpha value is -0.410. The lowest BCUT2D eigenvalue weighted by Gasteiger charge is -2.39. The summed E-state index contributed by atoms with van der Waals surface area (Å²) in [4.78, 5) is 0. The van der Waals surface area contributed by atoms with Crippen LogP contribution in [-0.4, -0.2) is 0 Å². The van der Waals surface area contributed by atoms with Gasteiger partial charge in [-0.3, -0.25) is 0 Å². The predicted octanol–water partition coefficient (Wildman–Crippen LogP) is 2.93. The maximum atomic E-state index is 13.2. The molecule has 2 rings (SSSR count). The van der Waals surface area contributed by atoms with Crippen molar-refractivity contribution in [3.63, 3.8) is 0 Å². The molecule has 2 N–H and O–H groups in total. The van der Waals surface area contributed by atoms with Gasteiger partial charge in [-0.1, -0.05) is 12.1 Å². The molecule has 1 fully saturated rings. The van der Waals surface area contributed by atoms with Gasteiger partial charge >= 0.3 is 0 Å². The van der Waals surface area contributed by atoms with Crippen molar-refractivity contribution >= 4 is 15.9 Å². The van der Waals surface area contributed by atoms with Gasteiger partial charge in [0, 0.05) is 5.54 Å². The van der Waals surface area contributed by atoms with Gasteiger partial charge in [0.25, 0.3) is 0 Å². The van der Waals surface area contributed by atoms with Gasteiger partial charge < -0.3 is 5.73 Å². The van der Waals surface area contributed by atoms with Gasteiger partial charge in [0.2, 0.25) is 0 Å². The summed E-state index contributed by atoms with van der Waals surface area (Å²) in [6.45, 7) is 0. The summed E-state index contributed by atoms with van der Waals surface area (Å²) in [6.07, 6.45) is 3.05. The van der Waals surface area contributed by atoms with Crippen molar-refractivity contribution in [2.45, 2.75) is 24.8 Å². The van der Waals surface area contributed by atoms with Crippen LogP contribution in [0, 0.1) is 5.82 Å². The first-order valence-electron chi connectivity index (χ1n) is 4.37. The summed E-state index contributed by atoms with van der Waals surface area (Å²) in [7, 11) is 0. The maximum Gasteiger partial charge on any atom is 0.137 e. The quantitative estimate of drug-likeness (QED) is 0.807. The van der Waals surface area contributed by atoms with E-state index in [4.69, 9.17) is 5.73 Å². The number of nitrogens with two attached hydrogens (primary N) is 1. The third kappa shape index (κ3) is 1.40. The SMILES string of the molecule is NC1(c2cccc(F)c2Br)CCC1. The Morgan fingerprint density at radius 1 is 1.38 bits per heavy atom. The number of hydrogen-bond donors (Lipinski definition) is 1. The van der Waals surface area contributed by atoms with Crippen molar-refractivity contribution in [1.29, 1.82) is 0 Å². The predicted molar refractivity (Wildman–Crippen MR) is 53.8 cm³/mol. The largest absolute Gasteiger partial charge is 0.321 e. The minimum Gasteiger partial charge on any atom is -0.321 e. The molecule has 0 radical (unpaired) electrons. The third-order valence-electron chi connectivity index (χ3n) is 2.73. The van der Waals surface area contributed by atoms with Gasteiger partial charge in [-0.25, -0.2) is 4.39 Å². The van der Waals surface area contributed by atoms with E-state index in [1.165, 1.54) is 6.07 Å². The lowest BCUT2D eigenvalue weighted by atomic mass is 9.73. The Kier molecular flexibility index (Phi) is 2.16. The van der Waals surface area contributed by atoms with Gasteiger partial charge in [0.15, 0.2) is 0 Å². The Balaban J connectivity index is 2.45. The van der Waals surface area contributed by atoms with Crippen LogP contribution in [0.5, 0.6) is 0 Å². The smallest absolute Gasteiger partial charge is 0.137 e. The van der Waals surface area contributed by atoms with Crippen LogP contribution < -0.4 is 5.73 Å². The summed E-state index contributed by atoms with van der Waals surface area (Å²) in [5.41, 5.74) is 6.71. The van der Waals surface area contributed by atoms with Crippen molar-refractivity contribution in [1.82, 2.24) is 0 Å².